The minimum Gasteiger partial charge on any atom is -0.466 e. The Balaban J connectivity index is 1.72. The monoisotopic (exact) mass is 282 g/mol. The van der Waals surface area contributed by atoms with Crippen LogP contribution in [0, 0.1) is 5.92 Å². The van der Waals surface area contributed by atoms with Crippen molar-refractivity contribution < 1.29 is 14.3 Å². The molecule has 2 heterocycles. The van der Waals surface area contributed by atoms with Crippen LogP contribution in [0.1, 0.15) is 39.0 Å². The molecule has 2 fully saturated rings. The Morgan fingerprint density at radius 3 is 2.30 bits per heavy atom. The van der Waals surface area contributed by atoms with Gasteiger partial charge in [-0.25, -0.2) is 0 Å². The summed E-state index contributed by atoms with van der Waals surface area (Å²) < 4.78 is 5.05. The van der Waals surface area contributed by atoms with E-state index in [1.807, 2.05) is 11.8 Å². The maximum Gasteiger partial charge on any atom is 0.309 e. The van der Waals surface area contributed by atoms with Crippen LogP contribution in [0.25, 0.3) is 0 Å². The Hall–Kier alpha value is -1.10. The van der Waals surface area contributed by atoms with Crippen molar-refractivity contribution in [1.29, 1.82) is 0 Å². The third-order valence-electron chi connectivity index (χ3n) is 4.28. The molecule has 2 aliphatic rings. The standard InChI is InChI=1S/C15H26N2O3/c1-2-20-15(19)13-6-10-17(11-7-13)14(18)12-16-8-4-3-5-9-16/h13H,2-12H2,1H3. The van der Waals surface area contributed by atoms with Gasteiger partial charge >= 0.3 is 5.97 Å². The lowest BCUT2D eigenvalue weighted by Crippen LogP contribution is -2.46. The topological polar surface area (TPSA) is 49.9 Å². The summed E-state index contributed by atoms with van der Waals surface area (Å²) in [5.74, 6) is 0.0961. The Morgan fingerprint density at radius 2 is 1.70 bits per heavy atom. The number of nitrogens with zero attached hydrogens (tertiary/aromatic N) is 2. The van der Waals surface area contributed by atoms with Gasteiger partial charge in [-0.2, -0.15) is 0 Å². The Bertz CT molecular complexity index is 332. The quantitative estimate of drug-likeness (QED) is 0.729. The van der Waals surface area contributed by atoms with Crippen LogP contribution in [-0.2, 0) is 14.3 Å². The van der Waals surface area contributed by atoms with Crippen molar-refractivity contribution in [3.8, 4) is 0 Å². The largest absolute Gasteiger partial charge is 0.466 e. The highest BCUT2D eigenvalue weighted by molar-refractivity contribution is 5.79. The molecule has 2 aliphatic heterocycles. The van der Waals surface area contributed by atoms with E-state index >= 15 is 0 Å². The second kappa shape index (κ2) is 7.62. The van der Waals surface area contributed by atoms with E-state index in [4.69, 9.17) is 4.74 Å². The van der Waals surface area contributed by atoms with Crippen LogP contribution in [0.3, 0.4) is 0 Å². The average Bonchev–Trinajstić information content (AvgIpc) is 2.48. The molecule has 114 valence electrons. The molecular formula is C15H26N2O3. The van der Waals surface area contributed by atoms with Gasteiger partial charge in [0.1, 0.15) is 0 Å². The van der Waals surface area contributed by atoms with Crippen LogP contribution in [0.4, 0.5) is 0 Å². The summed E-state index contributed by atoms with van der Waals surface area (Å²) in [6, 6.07) is 0. The molecule has 0 atom stereocenters. The lowest BCUT2D eigenvalue weighted by atomic mass is 9.97. The molecule has 5 heteroatoms. The molecule has 0 spiro atoms. The van der Waals surface area contributed by atoms with Crippen molar-refractivity contribution in [1.82, 2.24) is 9.80 Å². The van der Waals surface area contributed by atoms with Gasteiger partial charge in [-0.3, -0.25) is 14.5 Å². The Labute approximate surface area is 121 Å². The maximum absolute atomic E-state index is 12.2. The predicted octanol–water partition coefficient (Wildman–Crippen LogP) is 1.27. The zero-order chi connectivity index (χ0) is 14.4. The fourth-order valence-corrected chi connectivity index (χ4v) is 3.03. The second-order valence-corrected chi connectivity index (χ2v) is 5.74. The van der Waals surface area contributed by atoms with E-state index in [0.717, 1.165) is 25.9 Å². The number of carbonyl (C=O) groups excluding carboxylic acids is 2. The summed E-state index contributed by atoms with van der Waals surface area (Å²) in [5, 5.41) is 0. The van der Waals surface area contributed by atoms with Crippen LogP contribution in [0.2, 0.25) is 0 Å². The van der Waals surface area contributed by atoms with E-state index in [-0.39, 0.29) is 17.8 Å². The summed E-state index contributed by atoms with van der Waals surface area (Å²) in [4.78, 5) is 28.1. The van der Waals surface area contributed by atoms with E-state index in [1.165, 1.54) is 19.3 Å². The smallest absolute Gasteiger partial charge is 0.309 e. The molecule has 0 aliphatic carbocycles. The third-order valence-corrected chi connectivity index (χ3v) is 4.28. The molecular weight excluding hydrogens is 256 g/mol. The van der Waals surface area contributed by atoms with Gasteiger partial charge in [0.25, 0.3) is 0 Å². The number of amides is 1. The fraction of sp³-hybridized carbons (Fsp3) is 0.867. The van der Waals surface area contributed by atoms with Crippen molar-refractivity contribution in [3.05, 3.63) is 0 Å². The number of rotatable bonds is 4. The molecule has 0 aromatic rings. The van der Waals surface area contributed by atoms with Gasteiger partial charge in [-0.15, -0.1) is 0 Å². The van der Waals surface area contributed by atoms with Gasteiger partial charge in [0.2, 0.25) is 5.91 Å². The Morgan fingerprint density at radius 1 is 1.05 bits per heavy atom. The van der Waals surface area contributed by atoms with Gasteiger partial charge in [0.15, 0.2) is 0 Å². The second-order valence-electron chi connectivity index (χ2n) is 5.74. The summed E-state index contributed by atoms with van der Waals surface area (Å²) in [6.45, 7) is 6.29. The Kier molecular flexibility index (Phi) is 5.83. The highest BCUT2D eigenvalue weighted by Crippen LogP contribution is 2.19. The number of carbonyl (C=O) groups is 2. The number of likely N-dealkylation sites (tertiary alicyclic amines) is 2. The molecule has 0 unspecified atom stereocenters. The van der Waals surface area contributed by atoms with Gasteiger partial charge in [0.05, 0.1) is 19.1 Å². The third kappa shape index (κ3) is 4.20. The number of hydrogen-bond donors (Lipinski definition) is 0. The van der Waals surface area contributed by atoms with Crippen molar-refractivity contribution in [2.45, 2.75) is 39.0 Å². The highest BCUT2D eigenvalue weighted by Gasteiger charge is 2.28. The summed E-state index contributed by atoms with van der Waals surface area (Å²) in [5.41, 5.74) is 0. The lowest BCUT2D eigenvalue weighted by molar-refractivity contribution is -0.151. The van der Waals surface area contributed by atoms with Gasteiger partial charge < -0.3 is 9.64 Å². The fourth-order valence-electron chi connectivity index (χ4n) is 3.03. The van der Waals surface area contributed by atoms with E-state index in [0.29, 0.717) is 26.2 Å². The number of esters is 1. The first-order valence-corrected chi connectivity index (χ1v) is 7.87. The number of piperidine rings is 2. The average molecular weight is 282 g/mol. The molecule has 2 rings (SSSR count). The first kappa shape index (κ1) is 15.3. The molecule has 5 nitrogen and oxygen atoms in total. The predicted molar refractivity (Wildman–Crippen MR) is 76.2 cm³/mol. The SMILES string of the molecule is CCOC(=O)C1CCN(C(=O)CN2CCCCC2)CC1. The van der Waals surface area contributed by atoms with Gasteiger partial charge in [0, 0.05) is 13.1 Å². The minimum atomic E-state index is -0.101. The highest BCUT2D eigenvalue weighted by atomic mass is 16.5. The first-order chi connectivity index (χ1) is 9.70. The number of hydrogen-bond acceptors (Lipinski definition) is 4. The molecule has 20 heavy (non-hydrogen) atoms. The number of ether oxygens (including phenoxy) is 1. The van der Waals surface area contributed by atoms with E-state index in [2.05, 4.69) is 4.90 Å². The van der Waals surface area contributed by atoms with Crippen LogP contribution in [0.15, 0.2) is 0 Å². The minimum absolute atomic E-state index is 0.0195. The van der Waals surface area contributed by atoms with Gasteiger partial charge in [-0.1, -0.05) is 6.42 Å². The van der Waals surface area contributed by atoms with Crippen LogP contribution in [-0.4, -0.2) is 61.0 Å². The molecule has 0 aromatic carbocycles. The summed E-state index contributed by atoms with van der Waals surface area (Å²) >= 11 is 0. The zero-order valence-electron chi connectivity index (χ0n) is 12.5. The molecule has 0 saturated carbocycles. The van der Waals surface area contributed by atoms with Gasteiger partial charge in [-0.05, 0) is 45.7 Å². The molecule has 0 aromatic heterocycles. The van der Waals surface area contributed by atoms with Crippen LogP contribution >= 0.6 is 0 Å². The van der Waals surface area contributed by atoms with Crippen molar-refractivity contribution in [2.24, 2.45) is 5.92 Å². The normalized spacial score (nSPS) is 21.8. The molecule has 0 radical (unpaired) electrons. The van der Waals surface area contributed by atoms with E-state index < -0.39 is 0 Å². The lowest BCUT2D eigenvalue weighted by Gasteiger charge is -2.33. The van der Waals surface area contributed by atoms with Crippen molar-refractivity contribution in [2.75, 3.05) is 39.3 Å². The van der Waals surface area contributed by atoms with Crippen LogP contribution < -0.4 is 0 Å². The van der Waals surface area contributed by atoms with Crippen LogP contribution in [0.5, 0.6) is 0 Å². The zero-order valence-corrected chi connectivity index (χ0v) is 12.5. The van der Waals surface area contributed by atoms with E-state index in [1.54, 1.807) is 0 Å². The molecule has 2 saturated heterocycles. The van der Waals surface area contributed by atoms with Crippen molar-refractivity contribution in [3.63, 3.8) is 0 Å². The summed E-state index contributed by atoms with van der Waals surface area (Å²) in [6.07, 6.45) is 5.18. The molecule has 0 bridgehead atoms. The van der Waals surface area contributed by atoms with Crippen molar-refractivity contribution >= 4 is 11.9 Å². The molecule has 1 amide bonds. The van der Waals surface area contributed by atoms with E-state index in [9.17, 15) is 9.59 Å². The summed E-state index contributed by atoms with van der Waals surface area (Å²) in [7, 11) is 0. The maximum atomic E-state index is 12.2. The molecule has 0 N–H and O–H groups in total. The first-order valence-electron chi connectivity index (χ1n) is 7.87.